The summed E-state index contributed by atoms with van der Waals surface area (Å²) in [7, 11) is 2.16. The molecule has 2 heterocycles. The summed E-state index contributed by atoms with van der Waals surface area (Å²) >= 11 is 0. The Morgan fingerprint density at radius 3 is 2.56 bits per heavy atom. The lowest BCUT2D eigenvalue weighted by Gasteiger charge is -2.36. The molecule has 172 valence electrons. The fourth-order valence-electron chi connectivity index (χ4n) is 4.74. The lowest BCUT2D eigenvalue weighted by molar-refractivity contribution is 0.0841. The Hall–Kier alpha value is -2.25. The highest BCUT2D eigenvalue weighted by Gasteiger charge is 2.22. The van der Waals surface area contributed by atoms with Crippen LogP contribution < -0.4 is 5.32 Å². The minimum atomic E-state index is -0.586. The van der Waals surface area contributed by atoms with Gasteiger partial charge in [0.1, 0.15) is 0 Å². The van der Waals surface area contributed by atoms with E-state index in [0.717, 1.165) is 51.3 Å². The van der Waals surface area contributed by atoms with Crippen molar-refractivity contribution in [2.75, 3.05) is 52.9 Å². The van der Waals surface area contributed by atoms with Crippen LogP contribution in [0.2, 0.25) is 0 Å². The number of amides is 1. The lowest BCUT2D eigenvalue weighted by atomic mass is 10.00. The number of aliphatic hydroxyl groups excluding tert-OH is 1. The van der Waals surface area contributed by atoms with Gasteiger partial charge >= 0.3 is 0 Å². The summed E-state index contributed by atoms with van der Waals surface area (Å²) < 4.78 is 0. The number of rotatable bonds is 7. The number of β-amino-alcohol motifs (C(OH)–C–C–N with tert-alkyl or cyclic N) is 1. The monoisotopic (exact) mass is 436 g/mol. The molecule has 1 fully saturated rings. The van der Waals surface area contributed by atoms with Crippen LogP contribution in [0.3, 0.4) is 0 Å². The molecule has 0 aliphatic carbocycles. The van der Waals surface area contributed by atoms with Crippen molar-refractivity contribution >= 4 is 5.91 Å². The number of nitrogens with zero attached hydrogens (tertiary/aromatic N) is 3. The first-order valence-corrected chi connectivity index (χ1v) is 11.8. The van der Waals surface area contributed by atoms with Crippen LogP contribution in [0.5, 0.6) is 0 Å². The van der Waals surface area contributed by atoms with E-state index in [1.54, 1.807) is 0 Å². The van der Waals surface area contributed by atoms with E-state index in [1.807, 2.05) is 18.2 Å². The number of carbonyl (C=O) groups excluding carboxylic acids is 1. The topological polar surface area (TPSA) is 59.1 Å². The van der Waals surface area contributed by atoms with Crippen molar-refractivity contribution in [3.8, 4) is 0 Å². The average Bonchev–Trinajstić information content (AvgIpc) is 2.82. The third-order valence-electron chi connectivity index (χ3n) is 6.89. The Bertz CT molecular complexity index is 910. The van der Waals surface area contributed by atoms with Gasteiger partial charge < -0.3 is 15.3 Å². The van der Waals surface area contributed by atoms with Crippen molar-refractivity contribution < 1.29 is 9.90 Å². The first kappa shape index (κ1) is 22.9. The molecule has 6 heteroatoms. The molecule has 32 heavy (non-hydrogen) atoms. The molecule has 6 nitrogen and oxygen atoms in total. The van der Waals surface area contributed by atoms with Crippen LogP contribution in [-0.2, 0) is 13.0 Å². The van der Waals surface area contributed by atoms with Gasteiger partial charge in [-0.2, -0.15) is 0 Å². The fraction of sp³-hybridized carbons (Fsp3) is 0.500. The summed E-state index contributed by atoms with van der Waals surface area (Å²) in [6, 6.07) is 16.7. The maximum atomic E-state index is 12.7. The summed E-state index contributed by atoms with van der Waals surface area (Å²) in [5.41, 5.74) is 4.55. The SMILES string of the molecule is CC(c1cccc(C(=O)NCC(O)CN2CCc3ccccc3C2)c1)N1CCN(C)CC1. The quantitative estimate of drug-likeness (QED) is 0.697. The van der Waals surface area contributed by atoms with Crippen LogP contribution in [-0.4, -0.2) is 84.7 Å². The van der Waals surface area contributed by atoms with Gasteiger partial charge in [0, 0.05) is 64.0 Å². The number of hydrogen-bond acceptors (Lipinski definition) is 5. The van der Waals surface area contributed by atoms with E-state index in [9.17, 15) is 9.90 Å². The molecular formula is C26H36N4O2. The third kappa shape index (κ3) is 5.75. The van der Waals surface area contributed by atoms with E-state index in [1.165, 1.54) is 11.1 Å². The molecule has 0 spiro atoms. The van der Waals surface area contributed by atoms with Gasteiger partial charge in [-0.25, -0.2) is 0 Å². The van der Waals surface area contributed by atoms with Crippen molar-refractivity contribution in [2.45, 2.75) is 32.0 Å². The Morgan fingerprint density at radius 1 is 1.03 bits per heavy atom. The summed E-state index contributed by atoms with van der Waals surface area (Å²) in [4.78, 5) is 19.8. The van der Waals surface area contributed by atoms with Crippen LogP contribution in [0.25, 0.3) is 0 Å². The van der Waals surface area contributed by atoms with Gasteiger partial charge in [-0.3, -0.25) is 14.6 Å². The van der Waals surface area contributed by atoms with Crippen molar-refractivity contribution in [3.05, 3.63) is 70.8 Å². The van der Waals surface area contributed by atoms with Gasteiger partial charge in [0.15, 0.2) is 0 Å². The molecule has 0 bridgehead atoms. The normalized spacial score (nSPS) is 19.8. The Morgan fingerprint density at radius 2 is 1.78 bits per heavy atom. The molecule has 0 aromatic heterocycles. The Kier molecular flexibility index (Phi) is 7.58. The van der Waals surface area contributed by atoms with Crippen molar-refractivity contribution in [3.63, 3.8) is 0 Å². The van der Waals surface area contributed by atoms with E-state index >= 15 is 0 Å². The number of hydrogen-bond donors (Lipinski definition) is 2. The van der Waals surface area contributed by atoms with E-state index in [2.05, 4.69) is 64.3 Å². The zero-order valence-corrected chi connectivity index (χ0v) is 19.3. The first-order valence-electron chi connectivity index (χ1n) is 11.8. The Balaban J connectivity index is 1.27. The highest BCUT2D eigenvalue weighted by atomic mass is 16.3. The second kappa shape index (κ2) is 10.6. The zero-order valence-electron chi connectivity index (χ0n) is 19.3. The zero-order chi connectivity index (χ0) is 22.5. The standard InChI is InChI=1S/C26H36N4O2/c1-20(30-14-12-28(2)13-15-30)22-8-5-9-23(16-22)26(32)27-17-25(31)19-29-11-10-21-6-3-4-7-24(21)18-29/h3-9,16,20,25,31H,10-15,17-19H2,1-2H3,(H,27,32). The highest BCUT2D eigenvalue weighted by Crippen LogP contribution is 2.22. The predicted octanol–water partition coefficient (Wildman–Crippen LogP) is 2.14. The minimum Gasteiger partial charge on any atom is -0.390 e. The van der Waals surface area contributed by atoms with Crippen LogP contribution in [0, 0.1) is 0 Å². The summed E-state index contributed by atoms with van der Waals surface area (Å²) in [6.45, 7) is 9.06. The molecular weight excluding hydrogens is 400 g/mol. The molecule has 2 aliphatic heterocycles. The smallest absolute Gasteiger partial charge is 0.251 e. The molecule has 0 saturated carbocycles. The van der Waals surface area contributed by atoms with Crippen LogP contribution in [0.1, 0.15) is 40.0 Å². The van der Waals surface area contributed by atoms with Gasteiger partial charge in [-0.1, -0.05) is 36.4 Å². The number of carbonyl (C=O) groups is 1. The number of fused-ring (bicyclic) bond motifs is 1. The molecule has 2 aliphatic rings. The molecule has 1 amide bonds. The molecule has 2 N–H and O–H groups in total. The van der Waals surface area contributed by atoms with Gasteiger partial charge in [-0.05, 0) is 49.2 Å². The van der Waals surface area contributed by atoms with Crippen molar-refractivity contribution in [1.82, 2.24) is 20.0 Å². The van der Waals surface area contributed by atoms with Gasteiger partial charge in [0.2, 0.25) is 0 Å². The minimum absolute atomic E-state index is 0.125. The molecule has 0 radical (unpaired) electrons. The average molecular weight is 437 g/mol. The number of likely N-dealkylation sites (N-methyl/N-ethyl adjacent to an activating group) is 1. The lowest BCUT2D eigenvalue weighted by Crippen LogP contribution is -2.45. The molecule has 4 rings (SSSR count). The second-order valence-corrected chi connectivity index (χ2v) is 9.26. The maximum absolute atomic E-state index is 12.7. The van der Waals surface area contributed by atoms with E-state index in [0.29, 0.717) is 12.1 Å². The van der Waals surface area contributed by atoms with Crippen LogP contribution in [0.15, 0.2) is 48.5 Å². The number of aliphatic hydroxyl groups is 1. The maximum Gasteiger partial charge on any atom is 0.251 e. The van der Waals surface area contributed by atoms with Crippen LogP contribution in [0.4, 0.5) is 0 Å². The highest BCUT2D eigenvalue weighted by molar-refractivity contribution is 5.94. The van der Waals surface area contributed by atoms with Crippen molar-refractivity contribution in [2.24, 2.45) is 0 Å². The first-order chi connectivity index (χ1) is 15.5. The largest absolute Gasteiger partial charge is 0.390 e. The summed E-state index contributed by atoms with van der Waals surface area (Å²) in [6.07, 6.45) is 0.421. The number of piperazine rings is 1. The van der Waals surface area contributed by atoms with Gasteiger partial charge in [0.25, 0.3) is 5.91 Å². The Labute approximate surface area is 191 Å². The van der Waals surface area contributed by atoms with Crippen molar-refractivity contribution in [1.29, 1.82) is 0 Å². The van der Waals surface area contributed by atoms with E-state index in [4.69, 9.17) is 0 Å². The molecule has 2 aromatic carbocycles. The van der Waals surface area contributed by atoms with E-state index < -0.39 is 6.10 Å². The molecule has 2 aromatic rings. The molecule has 1 saturated heterocycles. The van der Waals surface area contributed by atoms with Crippen LogP contribution >= 0.6 is 0 Å². The second-order valence-electron chi connectivity index (χ2n) is 9.26. The van der Waals surface area contributed by atoms with Gasteiger partial charge in [-0.15, -0.1) is 0 Å². The molecule has 2 atom stereocenters. The number of benzene rings is 2. The fourth-order valence-corrected chi connectivity index (χ4v) is 4.74. The number of nitrogens with one attached hydrogen (secondary N) is 1. The summed E-state index contributed by atoms with van der Waals surface area (Å²) in [5.74, 6) is -0.125. The van der Waals surface area contributed by atoms with Gasteiger partial charge in [0.05, 0.1) is 6.10 Å². The summed E-state index contributed by atoms with van der Waals surface area (Å²) in [5, 5.41) is 13.4. The third-order valence-corrected chi connectivity index (χ3v) is 6.89. The van der Waals surface area contributed by atoms with E-state index in [-0.39, 0.29) is 18.5 Å². The predicted molar refractivity (Wildman–Crippen MR) is 128 cm³/mol. The molecule has 2 unspecified atom stereocenters.